The zero-order valence-corrected chi connectivity index (χ0v) is 13.4. The Labute approximate surface area is 123 Å². The minimum atomic E-state index is 0.234. The van der Waals surface area contributed by atoms with Crippen molar-refractivity contribution in [1.82, 2.24) is 14.8 Å². The second-order valence-corrected chi connectivity index (χ2v) is 7.16. The molecule has 1 atom stereocenters. The first-order chi connectivity index (χ1) is 8.97. The first-order valence-electron chi connectivity index (χ1n) is 6.60. The fourth-order valence-electron chi connectivity index (χ4n) is 2.62. The van der Waals surface area contributed by atoms with E-state index in [0.717, 1.165) is 40.5 Å². The maximum absolute atomic E-state index is 12.4. The molecular formula is C13H21N3OS2. The number of carbonyl (C=O) groups is 1. The normalized spacial score (nSPS) is 19.4. The summed E-state index contributed by atoms with van der Waals surface area (Å²) in [7, 11) is 4.12. The number of likely N-dealkylation sites (N-methyl/N-ethyl adjacent to an activating group) is 1. The first-order valence-corrected chi connectivity index (χ1v) is 7.82. The summed E-state index contributed by atoms with van der Waals surface area (Å²) in [4.78, 5) is 20.8. The van der Waals surface area contributed by atoms with E-state index in [0.29, 0.717) is 12.5 Å². The Morgan fingerprint density at radius 3 is 2.89 bits per heavy atom. The molecule has 1 unspecified atom stereocenters. The van der Waals surface area contributed by atoms with Crippen molar-refractivity contribution in [2.75, 3.05) is 27.2 Å². The fraction of sp³-hybridized carbons (Fsp3) is 0.692. The molecule has 1 fully saturated rings. The van der Waals surface area contributed by atoms with Gasteiger partial charge in [0.05, 0.1) is 6.42 Å². The van der Waals surface area contributed by atoms with Gasteiger partial charge in [-0.2, -0.15) is 0 Å². The molecular weight excluding hydrogens is 278 g/mol. The second kappa shape index (κ2) is 6.15. The third kappa shape index (κ3) is 3.64. The van der Waals surface area contributed by atoms with E-state index in [9.17, 15) is 4.79 Å². The van der Waals surface area contributed by atoms with Crippen molar-refractivity contribution in [1.29, 1.82) is 0 Å². The van der Waals surface area contributed by atoms with Crippen molar-refractivity contribution in [3.8, 4) is 0 Å². The molecule has 1 aromatic heterocycles. The summed E-state index contributed by atoms with van der Waals surface area (Å²) in [6.07, 6.45) is 2.71. The summed E-state index contributed by atoms with van der Waals surface area (Å²) >= 11 is 6.64. The minimum Gasteiger partial charge on any atom is -0.341 e. The zero-order valence-electron chi connectivity index (χ0n) is 11.7. The molecule has 1 aliphatic rings. The van der Waals surface area contributed by atoms with Gasteiger partial charge in [0.2, 0.25) is 5.91 Å². The van der Waals surface area contributed by atoms with Crippen LogP contribution in [-0.2, 0) is 11.2 Å². The Kier molecular flexibility index (Phi) is 4.76. The monoisotopic (exact) mass is 299 g/mol. The SMILES string of the molecule is Cc1[nH]c(=S)sc1CC(=O)N1CCCC1CN(C)C. The van der Waals surface area contributed by atoms with E-state index in [-0.39, 0.29) is 5.91 Å². The number of aromatic nitrogens is 1. The number of H-pyrrole nitrogens is 1. The standard InChI is InChI=1S/C13H21N3OS2/c1-9-11(19-13(18)14-9)7-12(17)16-6-4-5-10(16)8-15(2)3/h10H,4-8H2,1-3H3,(H,14,18). The van der Waals surface area contributed by atoms with Gasteiger partial charge in [0, 0.05) is 29.7 Å². The number of amides is 1. The molecule has 0 saturated carbocycles. The van der Waals surface area contributed by atoms with Gasteiger partial charge in [-0.05, 0) is 46.1 Å². The molecule has 2 heterocycles. The number of thiazole rings is 1. The number of nitrogens with one attached hydrogen (secondary N) is 1. The molecule has 1 N–H and O–H groups in total. The first kappa shape index (κ1) is 14.7. The number of hydrogen-bond donors (Lipinski definition) is 1. The minimum absolute atomic E-state index is 0.234. The zero-order chi connectivity index (χ0) is 14.0. The van der Waals surface area contributed by atoms with Crippen LogP contribution < -0.4 is 0 Å². The molecule has 1 amide bonds. The van der Waals surface area contributed by atoms with Crippen LogP contribution in [0.1, 0.15) is 23.4 Å². The fourth-order valence-corrected chi connectivity index (χ4v) is 3.90. The van der Waals surface area contributed by atoms with Crippen LogP contribution in [0.15, 0.2) is 0 Å². The quantitative estimate of drug-likeness (QED) is 0.867. The molecule has 0 spiro atoms. The molecule has 1 saturated heterocycles. The summed E-state index contributed by atoms with van der Waals surface area (Å²) in [6.45, 7) is 3.83. The van der Waals surface area contributed by atoms with Crippen molar-refractivity contribution in [3.63, 3.8) is 0 Å². The molecule has 2 rings (SSSR count). The van der Waals surface area contributed by atoms with Gasteiger partial charge in [-0.15, -0.1) is 11.3 Å². The van der Waals surface area contributed by atoms with Crippen LogP contribution in [0.3, 0.4) is 0 Å². The lowest BCUT2D eigenvalue weighted by molar-refractivity contribution is -0.131. The van der Waals surface area contributed by atoms with Gasteiger partial charge >= 0.3 is 0 Å². The molecule has 1 aliphatic heterocycles. The largest absolute Gasteiger partial charge is 0.341 e. The second-order valence-electron chi connectivity index (χ2n) is 5.38. The van der Waals surface area contributed by atoms with E-state index in [4.69, 9.17) is 12.2 Å². The predicted octanol–water partition coefficient (Wildman–Crippen LogP) is 2.21. The van der Waals surface area contributed by atoms with Gasteiger partial charge in [-0.1, -0.05) is 0 Å². The van der Waals surface area contributed by atoms with E-state index in [2.05, 4.69) is 24.0 Å². The highest BCUT2D eigenvalue weighted by Gasteiger charge is 2.29. The molecule has 19 heavy (non-hydrogen) atoms. The lowest BCUT2D eigenvalue weighted by atomic mass is 10.2. The van der Waals surface area contributed by atoms with Crippen LogP contribution in [0.4, 0.5) is 0 Å². The van der Waals surface area contributed by atoms with Crippen LogP contribution in [0, 0.1) is 10.9 Å². The summed E-state index contributed by atoms with van der Waals surface area (Å²) < 4.78 is 0.756. The highest BCUT2D eigenvalue weighted by Crippen LogP contribution is 2.21. The summed E-state index contributed by atoms with van der Waals surface area (Å²) in [6, 6.07) is 0.370. The number of hydrogen-bond acceptors (Lipinski definition) is 4. The molecule has 6 heteroatoms. The molecule has 0 aliphatic carbocycles. The van der Waals surface area contributed by atoms with Gasteiger partial charge < -0.3 is 14.8 Å². The Hall–Kier alpha value is -0.720. The number of rotatable bonds is 4. The van der Waals surface area contributed by atoms with E-state index < -0.39 is 0 Å². The molecule has 1 aromatic rings. The highest BCUT2D eigenvalue weighted by atomic mass is 32.1. The average Bonchev–Trinajstić information content (AvgIpc) is 2.85. The smallest absolute Gasteiger partial charge is 0.228 e. The summed E-state index contributed by atoms with van der Waals surface area (Å²) in [5.41, 5.74) is 1.03. The van der Waals surface area contributed by atoms with E-state index in [1.54, 1.807) is 0 Å². The van der Waals surface area contributed by atoms with E-state index >= 15 is 0 Å². The van der Waals surface area contributed by atoms with Gasteiger partial charge in [-0.25, -0.2) is 0 Å². The van der Waals surface area contributed by atoms with Gasteiger partial charge in [0.1, 0.15) is 0 Å². The third-order valence-electron chi connectivity index (χ3n) is 3.51. The number of aryl methyl sites for hydroxylation is 1. The topological polar surface area (TPSA) is 39.3 Å². The molecule has 0 radical (unpaired) electrons. The Balaban J connectivity index is 2.03. The maximum Gasteiger partial charge on any atom is 0.228 e. The average molecular weight is 299 g/mol. The van der Waals surface area contributed by atoms with Gasteiger partial charge in [0.25, 0.3) is 0 Å². The summed E-state index contributed by atoms with van der Waals surface area (Å²) in [5, 5.41) is 0. The Bertz CT molecular complexity index is 506. The van der Waals surface area contributed by atoms with Gasteiger partial charge in [0.15, 0.2) is 3.95 Å². The number of carbonyl (C=O) groups excluding carboxylic acids is 1. The van der Waals surface area contributed by atoms with Crippen molar-refractivity contribution >= 4 is 29.5 Å². The lowest BCUT2D eigenvalue weighted by Gasteiger charge is -2.27. The van der Waals surface area contributed by atoms with Crippen molar-refractivity contribution in [3.05, 3.63) is 14.5 Å². The van der Waals surface area contributed by atoms with Crippen molar-refractivity contribution in [2.45, 2.75) is 32.2 Å². The van der Waals surface area contributed by atoms with Crippen LogP contribution in [0.2, 0.25) is 0 Å². The predicted molar refractivity (Wildman–Crippen MR) is 81.2 cm³/mol. The van der Waals surface area contributed by atoms with Crippen molar-refractivity contribution in [2.24, 2.45) is 0 Å². The Morgan fingerprint density at radius 2 is 2.32 bits per heavy atom. The molecule has 106 valence electrons. The Morgan fingerprint density at radius 1 is 1.58 bits per heavy atom. The van der Waals surface area contributed by atoms with E-state index in [1.165, 1.54) is 11.3 Å². The van der Waals surface area contributed by atoms with Crippen LogP contribution >= 0.6 is 23.6 Å². The number of likely N-dealkylation sites (tertiary alicyclic amines) is 1. The molecule has 0 aromatic carbocycles. The molecule has 0 bridgehead atoms. The maximum atomic E-state index is 12.4. The van der Waals surface area contributed by atoms with Crippen LogP contribution in [-0.4, -0.2) is 53.9 Å². The number of aromatic amines is 1. The third-order valence-corrected chi connectivity index (χ3v) is 4.85. The molecule has 4 nitrogen and oxygen atoms in total. The highest BCUT2D eigenvalue weighted by molar-refractivity contribution is 7.73. The lowest BCUT2D eigenvalue weighted by Crippen LogP contribution is -2.42. The van der Waals surface area contributed by atoms with E-state index in [1.807, 2.05) is 11.8 Å². The van der Waals surface area contributed by atoms with Crippen LogP contribution in [0.5, 0.6) is 0 Å². The summed E-state index contributed by atoms with van der Waals surface area (Å²) in [5.74, 6) is 0.234. The number of nitrogens with zero attached hydrogens (tertiary/aromatic N) is 2. The van der Waals surface area contributed by atoms with Gasteiger partial charge in [-0.3, -0.25) is 4.79 Å². The van der Waals surface area contributed by atoms with Crippen molar-refractivity contribution < 1.29 is 4.79 Å². The van der Waals surface area contributed by atoms with Crippen LogP contribution in [0.25, 0.3) is 0 Å².